The molecule has 1 aliphatic carbocycles. The molecule has 0 radical (unpaired) electrons. The van der Waals surface area contributed by atoms with E-state index in [1.807, 2.05) is 55.5 Å². The molecule has 11 heteroatoms. The summed E-state index contributed by atoms with van der Waals surface area (Å²) in [5, 5.41) is 1.77. The number of alkyl halides is 3. The van der Waals surface area contributed by atoms with E-state index in [0.29, 0.717) is 13.0 Å². The number of carbonyl (C=O) groups excluding carboxylic acids is 2. The predicted octanol–water partition coefficient (Wildman–Crippen LogP) is 5.99. The third-order valence-electron chi connectivity index (χ3n) is 5.80. The molecule has 0 unspecified atom stereocenters. The molecule has 35 heavy (non-hydrogen) atoms. The van der Waals surface area contributed by atoms with Crippen molar-refractivity contribution in [1.82, 2.24) is 10.2 Å². The molecule has 0 saturated carbocycles. The lowest BCUT2D eigenvalue weighted by Gasteiger charge is -2.35. The molecular weight excluding hydrogens is 484 g/mol. The minimum absolute atomic E-state index is 0.0399. The van der Waals surface area contributed by atoms with E-state index in [2.05, 4.69) is 0 Å². The lowest BCUT2D eigenvalue weighted by atomic mass is 10.1. The van der Waals surface area contributed by atoms with Crippen LogP contribution in [0, 0.1) is 0 Å². The summed E-state index contributed by atoms with van der Waals surface area (Å²) in [6, 6.07) is 15.0. The van der Waals surface area contributed by atoms with Crippen LogP contribution in [0.5, 0.6) is 0 Å². The quantitative estimate of drug-likeness (QED) is 0.463. The number of halogens is 3. The van der Waals surface area contributed by atoms with Crippen LogP contribution in [0.4, 0.5) is 22.8 Å². The SMILES string of the molecule is CCCCN(C(=O)OC1c2ccccc2-c2ccccc21)C1COP(C(=O)NCC(F)(F)F)OC1. The Morgan fingerprint density at radius 2 is 1.63 bits per heavy atom. The van der Waals surface area contributed by atoms with Gasteiger partial charge in [0, 0.05) is 17.7 Å². The summed E-state index contributed by atoms with van der Waals surface area (Å²) in [5.74, 6) is 0. The van der Waals surface area contributed by atoms with E-state index in [1.165, 1.54) is 4.90 Å². The van der Waals surface area contributed by atoms with Gasteiger partial charge in [-0.3, -0.25) is 4.79 Å². The Hall–Kier alpha value is -2.68. The van der Waals surface area contributed by atoms with E-state index < -0.39 is 45.0 Å². The maximum atomic E-state index is 13.3. The first-order valence-electron chi connectivity index (χ1n) is 11.3. The highest BCUT2D eigenvalue weighted by Gasteiger charge is 2.38. The molecule has 1 heterocycles. The summed E-state index contributed by atoms with van der Waals surface area (Å²) in [4.78, 5) is 26.8. The number of rotatable bonds is 7. The topological polar surface area (TPSA) is 77.1 Å². The molecule has 0 atom stereocenters. The third kappa shape index (κ3) is 5.94. The van der Waals surface area contributed by atoms with Crippen LogP contribution in [0.25, 0.3) is 11.1 Å². The number of hydrogen-bond donors (Lipinski definition) is 1. The fourth-order valence-corrected chi connectivity index (χ4v) is 5.22. The summed E-state index contributed by atoms with van der Waals surface area (Å²) in [7, 11) is -2.18. The van der Waals surface area contributed by atoms with Crippen LogP contribution >= 0.6 is 8.38 Å². The second-order valence-electron chi connectivity index (χ2n) is 8.26. The molecule has 1 aliphatic heterocycles. The van der Waals surface area contributed by atoms with E-state index in [-0.39, 0.29) is 13.2 Å². The van der Waals surface area contributed by atoms with E-state index in [0.717, 1.165) is 28.7 Å². The van der Waals surface area contributed by atoms with Crippen LogP contribution in [-0.4, -0.2) is 55.2 Å². The van der Waals surface area contributed by atoms with Crippen molar-refractivity contribution in [3.8, 4) is 11.1 Å². The number of benzene rings is 2. The van der Waals surface area contributed by atoms with Gasteiger partial charge in [-0.25, -0.2) is 4.79 Å². The van der Waals surface area contributed by atoms with Crippen LogP contribution in [0.2, 0.25) is 0 Å². The van der Waals surface area contributed by atoms with Crippen LogP contribution < -0.4 is 5.32 Å². The Morgan fingerprint density at radius 3 is 2.17 bits per heavy atom. The number of amides is 2. The predicted molar refractivity (Wildman–Crippen MR) is 124 cm³/mol. The normalized spacial score (nSPS) is 19.5. The molecule has 188 valence electrons. The highest BCUT2D eigenvalue weighted by Crippen LogP contribution is 2.46. The van der Waals surface area contributed by atoms with Crippen molar-refractivity contribution in [2.45, 2.75) is 38.1 Å². The Labute approximate surface area is 202 Å². The first-order chi connectivity index (χ1) is 16.8. The monoisotopic (exact) mass is 510 g/mol. The first kappa shape index (κ1) is 25.4. The summed E-state index contributed by atoms with van der Waals surface area (Å²) in [6.07, 6.45) is -4.08. The summed E-state index contributed by atoms with van der Waals surface area (Å²) >= 11 is 0. The van der Waals surface area contributed by atoms with Gasteiger partial charge in [-0.2, -0.15) is 13.2 Å². The third-order valence-corrected chi connectivity index (χ3v) is 7.05. The lowest BCUT2D eigenvalue weighted by molar-refractivity contribution is -0.122. The van der Waals surface area contributed by atoms with Gasteiger partial charge in [0.1, 0.15) is 6.54 Å². The molecule has 2 aliphatic rings. The molecule has 4 rings (SSSR count). The molecule has 0 aromatic heterocycles. The molecule has 0 spiro atoms. The van der Waals surface area contributed by atoms with Crippen molar-refractivity contribution in [3.63, 3.8) is 0 Å². The van der Waals surface area contributed by atoms with Gasteiger partial charge in [0.2, 0.25) is 0 Å². The Bertz CT molecular complexity index is 1010. The summed E-state index contributed by atoms with van der Waals surface area (Å²) < 4.78 is 53.9. The van der Waals surface area contributed by atoms with E-state index in [4.69, 9.17) is 13.8 Å². The Balaban J connectivity index is 1.43. The van der Waals surface area contributed by atoms with Crippen LogP contribution in [0.15, 0.2) is 48.5 Å². The highest BCUT2D eigenvalue weighted by atomic mass is 31.2. The van der Waals surface area contributed by atoms with Crippen molar-refractivity contribution < 1.29 is 36.5 Å². The van der Waals surface area contributed by atoms with Gasteiger partial charge in [-0.15, -0.1) is 0 Å². The average Bonchev–Trinajstić information content (AvgIpc) is 3.16. The smallest absolute Gasteiger partial charge is 0.411 e. The largest absolute Gasteiger partial charge is 0.436 e. The summed E-state index contributed by atoms with van der Waals surface area (Å²) in [6.45, 7) is 0.843. The highest BCUT2D eigenvalue weighted by molar-refractivity contribution is 7.65. The number of fused-ring (bicyclic) bond motifs is 3. The van der Waals surface area contributed by atoms with Gasteiger partial charge in [-0.1, -0.05) is 61.9 Å². The van der Waals surface area contributed by atoms with Gasteiger partial charge in [0.25, 0.3) is 14.0 Å². The molecule has 1 fully saturated rings. The first-order valence-corrected chi connectivity index (χ1v) is 12.5. The minimum Gasteiger partial charge on any atom is -0.436 e. The number of nitrogens with one attached hydrogen (secondary N) is 1. The molecule has 1 N–H and O–H groups in total. The standard InChI is InChI=1S/C24H26F3N2O5P/c1-2-3-12-29(16-13-32-35(33-14-16)22(30)28-15-24(25,26)27)23(31)34-21-19-10-6-4-8-17(19)18-9-5-7-11-20(18)21/h4-11,16,21H,2-3,12-15H2,1H3,(H,28,30). The van der Waals surface area contributed by atoms with Gasteiger partial charge >= 0.3 is 12.3 Å². The second kappa shape index (κ2) is 10.9. The van der Waals surface area contributed by atoms with E-state index >= 15 is 0 Å². The van der Waals surface area contributed by atoms with Crippen LogP contribution in [0.1, 0.15) is 37.0 Å². The fraction of sp³-hybridized carbons (Fsp3) is 0.417. The zero-order valence-corrected chi connectivity index (χ0v) is 20.0. The number of hydrogen-bond acceptors (Lipinski definition) is 5. The fourth-order valence-electron chi connectivity index (χ4n) is 4.09. The van der Waals surface area contributed by atoms with E-state index in [1.54, 1.807) is 5.32 Å². The molecule has 2 amide bonds. The number of carbonyl (C=O) groups is 2. The second-order valence-corrected chi connectivity index (χ2v) is 9.70. The molecular formula is C24H26F3N2O5P. The molecule has 1 saturated heterocycles. The van der Waals surface area contributed by atoms with E-state index in [9.17, 15) is 22.8 Å². The lowest BCUT2D eigenvalue weighted by Crippen LogP contribution is -2.48. The van der Waals surface area contributed by atoms with Gasteiger partial charge in [0.15, 0.2) is 6.10 Å². The minimum atomic E-state index is -4.53. The van der Waals surface area contributed by atoms with Crippen LogP contribution in [-0.2, 0) is 13.8 Å². The maximum absolute atomic E-state index is 13.3. The molecule has 0 bridgehead atoms. The maximum Gasteiger partial charge on any atom is 0.411 e. The van der Waals surface area contributed by atoms with Crippen LogP contribution in [0.3, 0.4) is 0 Å². The molecule has 7 nitrogen and oxygen atoms in total. The van der Waals surface area contributed by atoms with Gasteiger partial charge in [-0.05, 0) is 17.5 Å². The van der Waals surface area contributed by atoms with Crippen molar-refractivity contribution in [3.05, 3.63) is 59.7 Å². The number of ether oxygens (including phenoxy) is 1. The zero-order chi connectivity index (χ0) is 25.0. The number of unbranched alkanes of at least 4 members (excludes halogenated alkanes) is 1. The molecule has 2 aromatic carbocycles. The van der Waals surface area contributed by atoms with Gasteiger partial charge in [0.05, 0.1) is 19.3 Å². The van der Waals surface area contributed by atoms with Crippen molar-refractivity contribution in [1.29, 1.82) is 0 Å². The average molecular weight is 510 g/mol. The number of nitrogens with zero attached hydrogens (tertiary/aromatic N) is 1. The van der Waals surface area contributed by atoms with Crippen molar-refractivity contribution in [2.24, 2.45) is 0 Å². The summed E-state index contributed by atoms with van der Waals surface area (Å²) in [5.41, 5.74) is 2.89. The van der Waals surface area contributed by atoms with Crippen molar-refractivity contribution in [2.75, 3.05) is 26.3 Å². The Morgan fingerprint density at radius 1 is 1.06 bits per heavy atom. The van der Waals surface area contributed by atoms with Crippen molar-refractivity contribution >= 4 is 20.1 Å². The Kier molecular flexibility index (Phi) is 7.94. The molecule has 2 aromatic rings. The zero-order valence-electron chi connectivity index (χ0n) is 19.1. The van der Waals surface area contributed by atoms with Gasteiger partial charge < -0.3 is 24.0 Å².